The van der Waals surface area contributed by atoms with Crippen LogP contribution in [0.25, 0.3) is 5.69 Å². The van der Waals surface area contributed by atoms with Crippen LogP contribution in [0.3, 0.4) is 0 Å². The molecule has 0 radical (unpaired) electrons. The fourth-order valence-electron chi connectivity index (χ4n) is 4.15. The molecule has 0 bridgehead atoms. The van der Waals surface area contributed by atoms with Crippen LogP contribution in [0.4, 0.5) is 0 Å². The van der Waals surface area contributed by atoms with Gasteiger partial charge in [-0.3, -0.25) is 9.36 Å². The fraction of sp³-hybridized carbons (Fsp3) is 0.476. The van der Waals surface area contributed by atoms with Crippen molar-refractivity contribution in [3.63, 3.8) is 0 Å². The minimum atomic E-state index is -0.0181. The van der Waals surface area contributed by atoms with Crippen molar-refractivity contribution in [1.29, 1.82) is 0 Å². The van der Waals surface area contributed by atoms with Gasteiger partial charge in [0.2, 0.25) is 0 Å². The molecule has 1 saturated carbocycles. The topological polar surface area (TPSA) is 34.5 Å². The fourth-order valence-corrected chi connectivity index (χ4v) is 4.15. The molecular formula is C21H26N2O2. The monoisotopic (exact) mass is 338 g/mol. The van der Waals surface area contributed by atoms with Gasteiger partial charge in [0.1, 0.15) is 11.9 Å². The third kappa shape index (κ3) is 3.79. The van der Waals surface area contributed by atoms with E-state index in [9.17, 15) is 4.79 Å². The van der Waals surface area contributed by atoms with Crippen molar-refractivity contribution >= 4 is 0 Å². The predicted molar refractivity (Wildman–Crippen MR) is 99.5 cm³/mol. The Hall–Kier alpha value is -2.07. The molecule has 2 fully saturated rings. The Morgan fingerprint density at radius 3 is 2.28 bits per heavy atom. The maximum absolute atomic E-state index is 11.9. The quantitative estimate of drug-likeness (QED) is 0.854. The molecule has 1 aromatic carbocycles. The summed E-state index contributed by atoms with van der Waals surface area (Å²) in [5.41, 5.74) is 0.851. The lowest BCUT2D eigenvalue weighted by molar-refractivity contribution is 0.0768. The van der Waals surface area contributed by atoms with E-state index in [0.29, 0.717) is 6.10 Å². The van der Waals surface area contributed by atoms with E-state index >= 15 is 0 Å². The Morgan fingerprint density at radius 2 is 1.60 bits per heavy atom. The third-order valence-corrected chi connectivity index (χ3v) is 5.56. The van der Waals surface area contributed by atoms with Gasteiger partial charge in [0.25, 0.3) is 5.56 Å². The first-order valence-corrected chi connectivity index (χ1v) is 9.48. The number of likely N-dealkylation sites (tertiary alicyclic amines) is 1. The average molecular weight is 338 g/mol. The molecule has 4 nitrogen and oxygen atoms in total. The molecule has 1 saturated heterocycles. The van der Waals surface area contributed by atoms with Crippen LogP contribution in [-0.4, -0.2) is 34.7 Å². The summed E-state index contributed by atoms with van der Waals surface area (Å²) in [7, 11) is 0. The Balaban J connectivity index is 1.34. The van der Waals surface area contributed by atoms with E-state index in [1.165, 1.54) is 25.7 Å². The van der Waals surface area contributed by atoms with Gasteiger partial charge in [0.15, 0.2) is 0 Å². The lowest BCUT2D eigenvalue weighted by atomic mass is 10.0. The van der Waals surface area contributed by atoms with Gasteiger partial charge in [-0.2, -0.15) is 0 Å². The molecule has 2 heterocycles. The summed E-state index contributed by atoms with van der Waals surface area (Å²) >= 11 is 0. The maximum atomic E-state index is 11.9. The van der Waals surface area contributed by atoms with Crippen molar-refractivity contribution in [2.75, 3.05) is 13.1 Å². The zero-order chi connectivity index (χ0) is 17.1. The predicted octanol–water partition coefficient (Wildman–Crippen LogP) is 3.62. The Morgan fingerprint density at radius 1 is 0.880 bits per heavy atom. The number of hydrogen-bond acceptors (Lipinski definition) is 3. The maximum Gasteiger partial charge on any atom is 0.255 e. The van der Waals surface area contributed by atoms with Gasteiger partial charge in [0.05, 0.1) is 0 Å². The van der Waals surface area contributed by atoms with Gasteiger partial charge in [-0.05, 0) is 56.0 Å². The Bertz CT molecular complexity index is 739. The average Bonchev–Trinajstić information content (AvgIpc) is 3.18. The molecule has 25 heavy (non-hydrogen) atoms. The van der Waals surface area contributed by atoms with E-state index in [2.05, 4.69) is 4.90 Å². The van der Waals surface area contributed by atoms with Gasteiger partial charge in [-0.1, -0.05) is 18.9 Å². The molecule has 0 spiro atoms. The number of benzene rings is 1. The van der Waals surface area contributed by atoms with Crippen molar-refractivity contribution in [3.8, 4) is 11.4 Å². The number of rotatable bonds is 4. The minimum absolute atomic E-state index is 0.0181. The van der Waals surface area contributed by atoms with E-state index < -0.39 is 0 Å². The van der Waals surface area contributed by atoms with Crippen molar-refractivity contribution in [3.05, 3.63) is 59.0 Å². The second-order valence-corrected chi connectivity index (χ2v) is 7.19. The van der Waals surface area contributed by atoms with Crippen LogP contribution in [0, 0.1) is 0 Å². The van der Waals surface area contributed by atoms with Crippen LogP contribution in [0.15, 0.2) is 53.5 Å². The van der Waals surface area contributed by atoms with E-state index in [-0.39, 0.29) is 5.56 Å². The van der Waals surface area contributed by atoms with Gasteiger partial charge in [-0.25, -0.2) is 0 Å². The van der Waals surface area contributed by atoms with Crippen molar-refractivity contribution in [2.24, 2.45) is 0 Å². The smallest absolute Gasteiger partial charge is 0.255 e. The van der Waals surface area contributed by atoms with Crippen LogP contribution in [0.2, 0.25) is 0 Å². The first-order chi connectivity index (χ1) is 12.3. The summed E-state index contributed by atoms with van der Waals surface area (Å²) in [5.74, 6) is 0.895. The summed E-state index contributed by atoms with van der Waals surface area (Å²) in [4.78, 5) is 14.6. The number of aromatic nitrogens is 1. The van der Waals surface area contributed by atoms with Gasteiger partial charge in [0, 0.05) is 37.1 Å². The first-order valence-electron chi connectivity index (χ1n) is 9.48. The van der Waals surface area contributed by atoms with Crippen molar-refractivity contribution in [1.82, 2.24) is 9.47 Å². The summed E-state index contributed by atoms with van der Waals surface area (Å²) < 4.78 is 7.82. The molecule has 2 aromatic rings. The van der Waals surface area contributed by atoms with Crippen LogP contribution < -0.4 is 10.3 Å². The molecular weight excluding hydrogens is 312 g/mol. The highest BCUT2D eigenvalue weighted by Crippen LogP contribution is 2.27. The standard InChI is InChI=1S/C21H26N2O2/c24-21-7-3-4-14-23(21)18-8-10-19(11-9-18)25-20-12-15-22(16-13-20)17-5-1-2-6-17/h3-4,7-11,14,17,20H,1-2,5-6,12-13,15-16H2. The van der Waals surface area contributed by atoms with Crippen LogP contribution in [-0.2, 0) is 0 Å². The summed E-state index contributed by atoms with van der Waals surface area (Å²) in [6.45, 7) is 2.32. The zero-order valence-electron chi connectivity index (χ0n) is 14.6. The summed E-state index contributed by atoms with van der Waals surface area (Å²) in [6.07, 6.45) is 9.88. The lowest BCUT2D eigenvalue weighted by Gasteiger charge is -2.36. The van der Waals surface area contributed by atoms with Crippen molar-refractivity contribution in [2.45, 2.75) is 50.7 Å². The largest absolute Gasteiger partial charge is 0.490 e. The van der Waals surface area contributed by atoms with Gasteiger partial charge < -0.3 is 9.64 Å². The summed E-state index contributed by atoms with van der Waals surface area (Å²) in [6, 6.07) is 13.9. The lowest BCUT2D eigenvalue weighted by Crippen LogP contribution is -2.43. The Labute approximate surface area is 149 Å². The van der Waals surface area contributed by atoms with Crippen LogP contribution in [0.1, 0.15) is 38.5 Å². The molecule has 2 aliphatic rings. The highest BCUT2D eigenvalue weighted by Gasteiger charge is 2.27. The van der Waals surface area contributed by atoms with Gasteiger partial charge in [-0.15, -0.1) is 0 Å². The first kappa shape index (κ1) is 16.4. The molecule has 0 N–H and O–H groups in total. The highest BCUT2D eigenvalue weighted by atomic mass is 16.5. The normalized spacial score (nSPS) is 20.0. The van der Waals surface area contributed by atoms with E-state index in [4.69, 9.17) is 4.74 Å². The highest BCUT2D eigenvalue weighted by molar-refractivity contribution is 5.37. The third-order valence-electron chi connectivity index (χ3n) is 5.56. The van der Waals surface area contributed by atoms with E-state index in [0.717, 1.165) is 43.4 Å². The second kappa shape index (κ2) is 7.44. The molecule has 0 atom stereocenters. The molecule has 132 valence electrons. The minimum Gasteiger partial charge on any atom is -0.490 e. The number of pyridine rings is 1. The molecule has 4 heteroatoms. The number of piperidine rings is 1. The van der Waals surface area contributed by atoms with Crippen LogP contribution >= 0.6 is 0 Å². The molecule has 1 aromatic heterocycles. The molecule has 1 aliphatic carbocycles. The van der Waals surface area contributed by atoms with Crippen molar-refractivity contribution < 1.29 is 4.74 Å². The molecule has 0 unspecified atom stereocenters. The summed E-state index contributed by atoms with van der Waals surface area (Å²) in [5, 5.41) is 0. The molecule has 0 amide bonds. The van der Waals surface area contributed by atoms with Crippen LogP contribution in [0.5, 0.6) is 5.75 Å². The molecule has 4 rings (SSSR count). The second-order valence-electron chi connectivity index (χ2n) is 7.19. The van der Waals surface area contributed by atoms with E-state index in [1.54, 1.807) is 22.9 Å². The zero-order valence-corrected chi connectivity index (χ0v) is 14.6. The Kier molecular flexibility index (Phi) is 4.88. The number of ether oxygens (including phenoxy) is 1. The number of nitrogens with zero attached hydrogens (tertiary/aromatic N) is 2. The SMILES string of the molecule is O=c1ccccn1-c1ccc(OC2CCN(C3CCCC3)CC2)cc1. The molecule has 1 aliphatic heterocycles. The number of hydrogen-bond donors (Lipinski definition) is 0. The van der Waals surface area contributed by atoms with Gasteiger partial charge >= 0.3 is 0 Å². The van der Waals surface area contributed by atoms with E-state index in [1.807, 2.05) is 30.3 Å².